The summed E-state index contributed by atoms with van der Waals surface area (Å²) in [5.74, 6) is 1.03. The molecule has 0 aromatic heterocycles. The van der Waals surface area contributed by atoms with E-state index in [1.807, 2.05) is 30.3 Å². The van der Waals surface area contributed by atoms with Gasteiger partial charge >= 0.3 is 0 Å². The first kappa shape index (κ1) is 19.8. The molecule has 0 unspecified atom stereocenters. The SMILES string of the molecule is CO/N=C(/C(=O)NCCc1ccc(OC)c(OC)c1)c1ccc(Br)cc1. The van der Waals surface area contributed by atoms with Crippen molar-refractivity contribution in [3.8, 4) is 11.5 Å². The first-order valence-corrected chi connectivity index (χ1v) is 8.74. The zero-order chi connectivity index (χ0) is 18.9. The van der Waals surface area contributed by atoms with Crippen LogP contribution in [0.25, 0.3) is 0 Å². The molecule has 2 rings (SSSR count). The Morgan fingerprint density at radius 2 is 1.73 bits per heavy atom. The fourth-order valence-corrected chi connectivity index (χ4v) is 2.63. The molecule has 26 heavy (non-hydrogen) atoms. The second kappa shape index (κ2) is 9.82. The molecule has 1 amide bonds. The number of methoxy groups -OCH3 is 2. The van der Waals surface area contributed by atoms with Crippen LogP contribution in [0.2, 0.25) is 0 Å². The second-order valence-electron chi connectivity index (χ2n) is 5.32. The van der Waals surface area contributed by atoms with Gasteiger partial charge in [0.1, 0.15) is 7.11 Å². The molecule has 0 aliphatic rings. The molecule has 7 heteroatoms. The molecule has 0 aliphatic carbocycles. The monoisotopic (exact) mass is 420 g/mol. The lowest BCUT2D eigenvalue weighted by Crippen LogP contribution is -2.33. The normalized spacial score (nSPS) is 11.0. The van der Waals surface area contributed by atoms with Gasteiger partial charge in [-0.05, 0) is 36.2 Å². The molecular formula is C19H21BrN2O4. The number of carbonyl (C=O) groups is 1. The summed E-state index contributed by atoms with van der Waals surface area (Å²) in [6.07, 6.45) is 0.646. The van der Waals surface area contributed by atoms with Gasteiger partial charge in [0.15, 0.2) is 17.2 Å². The predicted octanol–water partition coefficient (Wildman–Crippen LogP) is 3.18. The van der Waals surface area contributed by atoms with Crippen LogP contribution < -0.4 is 14.8 Å². The highest BCUT2D eigenvalue weighted by Crippen LogP contribution is 2.27. The number of nitrogens with one attached hydrogen (secondary N) is 1. The Balaban J connectivity index is 2.00. The standard InChI is InChI=1S/C19H21BrN2O4/c1-24-16-9-4-13(12-17(16)25-2)10-11-21-19(23)18(22-26-3)14-5-7-15(20)8-6-14/h4-9,12H,10-11H2,1-3H3,(H,21,23)/b22-18+. The van der Waals surface area contributed by atoms with Crippen molar-refractivity contribution in [3.63, 3.8) is 0 Å². The van der Waals surface area contributed by atoms with E-state index in [2.05, 4.69) is 26.4 Å². The van der Waals surface area contributed by atoms with Crippen molar-refractivity contribution in [2.45, 2.75) is 6.42 Å². The summed E-state index contributed by atoms with van der Waals surface area (Å²) >= 11 is 3.37. The van der Waals surface area contributed by atoms with Crippen molar-refractivity contribution in [1.29, 1.82) is 0 Å². The van der Waals surface area contributed by atoms with Gasteiger partial charge in [-0.3, -0.25) is 4.79 Å². The Hall–Kier alpha value is -2.54. The van der Waals surface area contributed by atoms with Gasteiger partial charge in [0.2, 0.25) is 0 Å². The topological polar surface area (TPSA) is 69.2 Å². The summed E-state index contributed by atoms with van der Waals surface area (Å²) in [7, 11) is 4.60. The molecule has 2 aromatic carbocycles. The molecule has 0 radical (unpaired) electrons. The highest BCUT2D eigenvalue weighted by Gasteiger charge is 2.15. The Morgan fingerprint density at radius 1 is 1.04 bits per heavy atom. The maximum Gasteiger partial charge on any atom is 0.273 e. The maximum atomic E-state index is 12.5. The summed E-state index contributed by atoms with van der Waals surface area (Å²) < 4.78 is 11.4. The van der Waals surface area contributed by atoms with Crippen LogP contribution in [-0.4, -0.2) is 39.5 Å². The Kier molecular flexibility index (Phi) is 7.47. The van der Waals surface area contributed by atoms with Gasteiger partial charge in [0.25, 0.3) is 5.91 Å². The minimum atomic E-state index is -0.297. The van der Waals surface area contributed by atoms with Crippen molar-refractivity contribution in [2.75, 3.05) is 27.9 Å². The van der Waals surface area contributed by atoms with Gasteiger partial charge in [0, 0.05) is 16.6 Å². The maximum absolute atomic E-state index is 12.5. The molecule has 0 fully saturated rings. The molecule has 0 saturated carbocycles. The first-order valence-electron chi connectivity index (χ1n) is 7.95. The second-order valence-corrected chi connectivity index (χ2v) is 6.24. The summed E-state index contributed by atoms with van der Waals surface area (Å²) in [6.45, 7) is 0.452. The number of nitrogens with zero attached hydrogens (tertiary/aromatic N) is 1. The van der Waals surface area contributed by atoms with E-state index in [0.717, 1.165) is 10.0 Å². The number of halogens is 1. The molecule has 138 valence electrons. The molecule has 2 aromatic rings. The molecule has 0 spiro atoms. The number of carbonyl (C=O) groups excluding carboxylic acids is 1. The van der Waals surface area contributed by atoms with Crippen LogP contribution in [-0.2, 0) is 16.1 Å². The van der Waals surface area contributed by atoms with Gasteiger partial charge < -0.3 is 19.6 Å². The average Bonchev–Trinajstić information content (AvgIpc) is 2.66. The van der Waals surface area contributed by atoms with Crippen molar-refractivity contribution in [1.82, 2.24) is 5.32 Å². The van der Waals surface area contributed by atoms with Crippen LogP contribution in [0.15, 0.2) is 52.1 Å². The summed E-state index contributed by atoms with van der Waals surface area (Å²) in [6, 6.07) is 13.0. The van der Waals surface area contributed by atoms with Crippen molar-refractivity contribution in [3.05, 3.63) is 58.1 Å². The van der Waals surface area contributed by atoms with E-state index >= 15 is 0 Å². The lowest BCUT2D eigenvalue weighted by molar-refractivity contribution is -0.114. The third-order valence-corrected chi connectivity index (χ3v) is 4.19. The fraction of sp³-hybridized carbons (Fsp3) is 0.263. The van der Waals surface area contributed by atoms with E-state index in [0.29, 0.717) is 30.0 Å². The molecule has 1 N–H and O–H groups in total. The lowest BCUT2D eigenvalue weighted by Gasteiger charge is -2.11. The van der Waals surface area contributed by atoms with E-state index in [-0.39, 0.29) is 11.6 Å². The van der Waals surface area contributed by atoms with E-state index in [4.69, 9.17) is 14.3 Å². The fourth-order valence-electron chi connectivity index (χ4n) is 2.36. The number of hydrogen-bond donors (Lipinski definition) is 1. The third-order valence-electron chi connectivity index (χ3n) is 3.66. The van der Waals surface area contributed by atoms with Crippen LogP contribution >= 0.6 is 15.9 Å². The quantitative estimate of drug-likeness (QED) is 0.525. The number of amides is 1. The summed E-state index contributed by atoms with van der Waals surface area (Å²) in [5, 5.41) is 6.71. The molecule has 0 saturated heterocycles. The highest BCUT2D eigenvalue weighted by molar-refractivity contribution is 9.10. The van der Waals surface area contributed by atoms with Crippen molar-refractivity contribution >= 4 is 27.5 Å². The van der Waals surface area contributed by atoms with Crippen molar-refractivity contribution in [2.24, 2.45) is 5.16 Å². The predicted molar refractivity (Wildman–Crippen MR) is 104 cm³/mol. The molecule has 0 atom stereocenters. The molecule has 6 nitrogen and oxygen atoms in total. The van der Waals surface area contributed by atoms with Gasteiger partial charge in [-0.25, -0.2) is 0 Å². The van der Waals surface area contributed by atoms with Crippen LogP contribution in [0.4, 0.5) is 0 Å². The van der Waals surface area contributed by atoms with Crippen LogP contribution in [0.3, 0.4) is 0 Å². The van der Waals surface area contributed by atoms with Crippen LogP contribution in [0.5, 0.6) is 11.5 Å². The van der Waals surface area contributed by atoms with Gasteiger partial charge in [0.05, 0.1) is 14.2 Å². The van der Waals surface area contributed by atoms with Crippen LogP contribution in [0, 0.1) is 0 Å². The first-order chi connectivity index (χ1) is 12.6. The van der Waals surface area contributed by atoms with E-state index < -0.39 is 0 Å². The van der Waals surface area contributed by atoms with E-state index in [1.165, 1.54) is 7.11 Å². The van der Waals surface area contributed by atoms with E-state index in [9.17, 15) is 4.79 Å². The smallest absolute Gasteiger partial charge is 0.273 e. The highest BCUT2D eigenvalue weighted by atomic mass is 79.9. The molecule has 0 heterocycles. The van der Waals surface area contributed by atoms with Gasteiger partial charge in [-0.2, -0.15) is 0 Å². The summed E-state index contributed by atoms with van der Waals surface area (Å²) in [5.41, 5.74) is 1.93. The number of oxime groups is 1. The largest absolute Gasteiger partial charge is 0.493 e. The van der Waals surface area contributed by atoms with Gasteiger partial charge in [-0.1, -0.05) is 39.3 Å². The number of ether oxygens (including phenoxy) is 2. The number of hydrogen-bond acceptors (Lipinski definition) is 5. The van der Waals surface area contributed by atoms with Gasteiger partial charge in [-0.15, -0.1) is 0 Å². The Labute approximate surface area is 161 Å². The number of benzene rings is 2. The zero-order valence-electron chi connectivity index (χ0n) is 14.9. The Morgan fingerprint density at radius 3 is 2.35 bits per heavy atom. The van der Waals surface area contributed by atoms with Crippen LogP contribution in [0.1, 0.15) is 11.1 Å². The van der Waals surface area contributed by atoms with Crippen molar-refractivity contribution < 1.29 is 19.1 Å². The zero-order valence-corrected chi connectivity index (χ0v) is 16.5. The minimum Gasteiger partial charge on any atom is -0.493 e. The van der Waals surface area contributed by atoms with E-state index in [1.54, 1.807) is 26.4 Å². The molecule has 0 aliphatic heterocycles. The average molecular weight is 421 g/mol. The minimum absolute atomic E-state index is 0.229. The number of rotatable bonds is 8. The lowest BCUT2D eigenvalue weighted by atomic mass is 10.1. The molecule has 0 bridgehead atoms. The third kappa shape index (κ3) is 5.23. The molecular weight excluding hydrogens is 400 g/mol. The summed E-state index contributed by atoms with van der Waals surface area (Å²) in [4.78, 5) is 17.3. The Bertz CT molecular complexity index is 776.